The van der Waals surface area contributed by atoms with E-state index in [0.29, 0.717) is 19.3 Å². The van der Waals surface area contributed by atoms with Crippen LogP contribution in [-0.2, 0) is 23.9 Å². The predicted molar refractivity (Wildman–Crippen MR) is 137 cm³/mol. The summed E-state index contributed by atoms with van der Waals surface area (Å²) in [6.45, 7) is 9.04. The molecule has 0 aromatic rings. The maximum atomic E-state index is 11.3. The van der Waals surface area contributed by atoms with E-state index >= 15 is 0 Å². The number of esters is 1. The molecule has 0 radical (unpaired) electrons. The summed E-state index contributed by atoms with van der Waals surface area (Å²) < 4.78 is 17.0. The van der Waals surface area contributed by atoms with Crippen molar-refractivity contribution < 1.29 is 54.7 Å². The quantitative estimate of drug-likeness (QED) is 0.0869. The molecule has 4 rings (SSSR count). The van der Waals surface area contributed by atoms with E-state index in [1.807, 2.05) is 13.0 Å². The van der Waals surface area contributed by atoms with Crippen molar-refractivity contribution in [2.45, 2.75) is 116 Å². The molecule has 2 saturated carbocycles. The molecule has 0 aromatic carbocycles. The van der Waals surface area contributed by atoms with Crippen molar-refractivity contribution in [2.75, 3.05) is 13.2 Å². The summed E-state index contributed by atoms with van der Waals surface area (Å²) >= 11 is 0. The Morgan fingerprint density at radius 3 is 2.41 bits per heavy atom. The van der Waals surface area contributed by atoms with Crippen LogP contribution >= 0.6 is 0 Å². The Morgan fingerprint density at radius 1 is 1.10 bits per heavy atom. The van der Waals surface area contributed by atoms with E-state index in [9.17, 15) is 35.6 Å². The molecule has 1 saturated heterocycles. The predicted octanol–water partition coefficient (Wildman–Crippen LogP) is 1.14. The second-order valence-corrected chi connectivity index (χ2v) is 13.1. The molecule has 0 spiro atoms. The third-order valence-electron chi connectivity index (χ3n) is 10.4. The molecule has 11 nitrogen and oxygen atoms in total. The highest BCUT2D eigenvalue weighted by Gasteiger charge is 2.61. The molecule has 6 N–H and O–H groups in total. The van der Waals surface area contributed by atoms with Gasteiger partial charge in [0, 0.05) is 12.3 Å². The molecule has 11 heteroatoms. The number of ether oxygens (including phenoxy) is 3. The second kappa shape index (κ2) is 11.3. The zero-order chi connectivity index (χ0) is 28.9. The lowest BCUT2D eigenvalue weighted by Gasteiger charge is -2.63. The zero-order valence-electron chi connectivity index (χ0n) is 23.5. The van der Waals surface area contributed by atoms with Crippen LogP contribution in [0.2, 0.25) is 0 Å². The summed E-state index contributed by atoms with van der Waals surface area (Å²) in [5.74, 6) is -0.313. The maximum absolute atomic E-state index is 11.3. The van der Waals surface area contributed by atoms with Gasteiger partial charge in [0.1, 0.15) is 37.1 Å². The Kier molecular flexibility index (Phi) is 8.89. The molecular weight excluding hydrogens is 512 g/mol. The summed E-state index contributed by atoms with van der Waals surface area (Å²) in [7, 11) is 0. The number of fused-ring (bicyclic) bond motifs is 3. The van der Waals surface area contributed by atoms with Crippen molar-refractivity contribution >= 4 is 5.97 Å². The van der Waals surface area contributed by atoms with Crippen molar-refractivity contribution in [1.82, 2.24) is 0 Å². The number of rotatable bonds is 7. The van der Waals surface area contributed by atoms with Gasteiger partial charge in [-0.3, -0.25) is 10.1 Å². The van der Waals surface area contributed by atoms with Gasteiger partial charge in [-0.2, -0.15) is 0 Å². The second-order valence-electron chi connectivity index (χ2n) is 13.1. The van der Waals surface area contributed by atoms with Gasteiger partial charge in [-0.15, -0.1) is 0 Å². The summed E-state index contributed by atoms with van der Waals surface area (Å²) in [6.07, 6.45) is -3.16. The minimum absolute atomic E-state index is 0.0447. The number of hydrogen-bond acceptors (Lipinski definition) is 11. The average molecular weight is 559 g/mol. The van der Waals surface area contributed by atoms with E-state index < -0.39 is 66.3 Å². The van der Waals surface area contributed by atoms with Crippen LogP contribution in [0.25, 0.3) is 0 Å². The smallest absolute Gasteiger partial charge is 0.302 e. The molecule has 0 bridgehead atoms. The van der Waals surface area contributed by atoms with Gasteiger partial charge < -0.3 is 39.7 Å². The first-order chi connectivity index (χ1) is 18.2. The summed E-state index contributed by atoms with van der Waals surface area (Å²) in [6, 6.07) is 0. The Hall–Kier alpha value is -1.15. The van der Waals surface area contributed by atoms with E-state index in [0.717, 1.165) is 18.4 Å². The lowest BCUT2D eigenvalue weighted by atomic mass is 9.44. The fourth-order valence-corrected chi connectivity index (χ4v) is 7.94. The Balaban J connectivity index is 1.57. The number of aliphatic hydroxyl groups is 5. The minimum Gasteiger partial charge on any atom is -0.463 e. The van der Waals surface area contributed by atoms with Crippen molar-refractivity contribution in [1.29, 1.82) is 0 Å². The third-order valence-corrected chi connectivity index (χ3v) is 10.4. The molecule has 1 unspecified atom stereocenters. The first kappa shape index (κ1) is 30.8. The van der Waals surface area contributed by atoms with Crippen molar-refractivity contribution in [3.05, 3.63) is 11.6 Å². The number of aliphatic hydroxyl groups excluding tert-OH is 5. The molecule has 3 aliphatic carbocycles. The van der Waals surface area contributed by atoms with Crippen LogP contribution in [0.1, 0.15) is 66.7 Å². The van der Waals surface area contributed by atoms with Gasteiger partial charge in [0.05, 0.1) is 18.8 Å². The molecule has 3 fully saturated rings. The molecule has 0 amide bonds. The largest absolute Gasteiger partial charge is 0.463 e. The lowest BCUT2D eigenvalue weighted by molar-refractivity contribution is -0.331. The normalized spacial score (nSPS) is 46.4. The van der Waals surface area contributed by atoms with Crippen molar-refractivity contribution in [3.8, 4) is 0 Å². The monoisotopic (exact) mass is 558 g/mol. The van der Waals surface area contributed by atoms with Crippen LogP contribution in [0.5, 0.6) is 0 Å². The van der Waals surface area contributed by atoms with Crippen LogP contribution in [0.3, 0.4) is 0 Å². The summed E-state index contributed by atoms with van der Waals surface area (Å²) in [5.41, 5.74) is -0.304. The maximum Gasteiger partial charge on any atom is 0.302 e. The van der Waals surface area contributed by atoms with Crippen molar-refractivity contribution in [3.63, 3.8) is 0 Å². The van der Waals surface area contributed by atoms with E-state index in [2.05, 4.69) is 20.8 Å². The SMILES string of the molecule is CC(=O)OCC(O)[C@]1(C)C=C2[C@@H](OO)C[C@@H]3C(C)(C)[C@H](O[C@@H]4O[C@H](CO)[C@@H](O)[C@H](O)[C@H]4O)CC[C@@]3(C)[C@@H]2CC1. The molecule has 12 atom stereocenters. The molecule has 39 heavy (non-hydrogen) atoms. The van der Waals surface area contributed by atoms with Gasteiger partial charge in [0.2, 0.25) is 0 Å². The fraction of sp³-hybridized carbons (Fsp3) is 0.893. The van der Waals surface area contributed by atoms with Gasteiger partial charge in [0.25, 0.3) is 0 Å². The first-order valence-corrected chi connectivity index (χ1v) is 14.0. The molecule has 4 aliphatic rings. The van der Waals surface area contributed by atoms with E-state index in [4.69, 9.17) is 19.1 Å². The van der Waals surface area contributed by atoms with Gasteiger partial charge in [-0.1, -0.05) is 33.8 Å². The summed E-state index contributed by atoms with van der Waals surface area (Å²) in [5, 5.41) is 61.3. The van der Waals surface area contributed by atoms with Crippen LogP contribution in [-0.4, -0.2) is 99.0 Å². The zero-order valence-corrected chi connectivity index (χ0v) is 23.5. The number of carbonyl (C=O) groups is 1. The Morgan fingerprint density at radius 2 is 1.79 bits per heavy atom. The van der Waals surface area contributed by atoms with Crippen LogP contribution in [0.4, 0.5) is 0 Å². The number of carbonyl (C=O) groups excluding carboxylic acids is 1. The highest BCUT2D eigenvalue weighted by atomic mass is 17.1. The minimum atomic E-state index is -1.51. The van der Waals surface area contributed by atoms with Gasteiger partial charge in [0.15, 0.2) is 6.29 Å². The van der Waals surface area contributed by atoms with Crippen LogP contribution < -0.4 is 0 Å². The van der Waals surface area contributed by atoms with Crippen LogP contribution in [0.15, 0.2) is 11.6 Å². The molecule has 1 heterocycles. The van der Waals surface area contributed by atoms with E-state index in [-0.39, 0.29) is 30.0 Å². The molecule has 1 aliphatic heterocycles. The van der Waals surface area contributed by atoms with Gasteiger partial charge in [-0.25, -0.2) is 4.89 Å². The van der Waals surface area contributed by atoms with E-state index in [1.165, 1.54) is 6.92 Å². The number of hydrogen-bond donors (Lipinski definition) is 6. The average Bonchev–Trinajstić information content (AvgIpc) is 2.88. The topological polar surface area (TPSA) is 175 Å². The van der Waals surface area contributed by atoms with Crippen molar-refractivity contribution in [2.24, 2.45) is 28.1 Å². The standard InChI is InChI=1S/C28H46O11/c1-14(30)36-13-20(31)27(4)8-6-16-15(11-27)17(39-35)10-19-26(2,3)21(7-9-28(16,19)5)38-25-24(34)23(33)22(32)18(12-29)37-25/h11,16-25,29,31-35H,6-10,12-13H2,1-5H3/t16-,17+,18-,19-,20?,21-,22-,23+,24-,25+,27+,28+/m1/s1. The Labute approximate surface area is 229 Å². The lowest BCUT2D eigenvalue weighted by Crippen LogP contribution is -2.63. The molecule has 224 valence electrons. The van der Waals surface area contributed by atoms with E-state index in [1.54, 1.807) is 0 Å². The van der Waals surface area contributed by atoms with Gasteiger partial charge >= 0.3 is 5.97 Å². The Bertz CT molecular complexity index is 921. The molecular formula is C28H46O11. The third kappa shape index (κ3) is 5.42. The van der Waals surface area contributed by atoms with Gasteiger partial charge in [-0.05, 0) is 60.3 Å². The highest BCUT2D eigenvalue weighted by Crippen LogP contribution is 2.65. The molecule has 0 aromatic heterocycles. The van der Waals surface area contributed by atoms with Crippen LogP contribution in [0, 0.1) is 28.1 Å². The highest BCUT2D eigenvalue weighted by molar-refractivity contribution is 5.65. The first-order valence-electron chi connectivity index (χ1n) is 14.0. The fourth-order valence-electron chi connectivity index (χ4n) is 7.94. The summed E-state index contributed by atoms with van der Waals surface area (Å²) in [4.78, 5) is 16.3.